The van der Waals surface area contributed by atoms with Crippen molar-refractivity contribution >= 4 is 22.6 Å². The number of aryl methyl sites for hydroxylation is 1. The van der Waals surface area contributed by atoms with Gasteiger partial charge in [0, 0.05) is 23.3 Å². The fourth-order valence-electron chi connectivity index (χ4n) is 3.00. The number of alkyl halides is 3. The first-order valence-electron chi connectivity index (χ1n) is 8.47. The van der Waals surface area contributed by atoms with Crippen LogP contribution in [0.1, 0.15) is 17.0 Å². The number of rotatable bonds is 3. The van der Waals surface area contributed by atoms with Crippen molar-refractivity contribution in [3.63, 3.8) is 0 Å². The lowest BCUT2D eigenvalue weighted by Crippen LogP contribution is -2.21. The Balaban J connectivity index is 1.68. The zero-order valence-electron chi connectivity index (χ0n) is 15.0. The van der Waals surface area contributed by atoms with E-state index >= 15 is 0 Å². The van der Waals surface area contributed by atoms with Crippen LogP contribution in [0.25, 0.3) is 16.7 Å². The first kappa shape index (κ1) is 19.1. The minimum absolute atomic E-state index is 0.0295. The molecule has 0 saturated heterocycles. The van der Waals surface area contributed by atoms with Gasteiger partial charge in [0.05, 0.1) is 12.2 Å². The Kier molecular flexibility index (Phi) is 4.62. The Morgan fingerprint density at radius 2 is 1.83 bits per heavy atom. The van der Waals surface area contributed by atoms with E-state index in [-0.39, 0.29) is 17.4 Å². The smallest absolute Gasteiger partial charge is 0.288 e. The van der Waals surface area contributed by atoms with Crippen molar-refractivity contribution in [2.75, 3.05) is 0 Å². The number of halogens is 4. The first-order valence-corrected chi connectivity index (χ1v) is 8.85. The average molecular weight is 420 g/mol. The number of aromatic nitrogens is 5. The van der Waals surface area contributed by atoms with Gasteiger partial charge in [0.25, 0.3) is 5.56 Å². The normalized spacial score (nSPS) is 11.9. The quantitative estimate of drug-likeness (QED) is 0.471. The van der Waals surface area contributed by atoms with Gasteiger partial charge in [-0.2, -0.15) is 23.3 Å². The summed E-state index contributed by atoms with van der Waals surface area (Å²) in [4.78, 5) is 20.4. The van der Waals surface area contributed by atoms with Crippen LogP contribution in [0.4, 0.5) is 13.2 Å². The van der Waals surface area contributed by atoms with Gasteiger partial charge in [-0.1, -0.05) is 12.1 Å². The predicted molar refractivity (Wildman–Crippen MR) is 101 cm³/mol. The van der Waals surface area contributed by atoms with Gasteiger partial charge in [-0.05, 0) is 48.4 Å². The van der Waals surface area contributed by atoms with E-state index in [4.69, 9.17) is 11.6 Å². The SMILES string of the molecule is Cc1cc(C(F)(F)F)nn1-c1ccc(Cn2c(=O)ccc3cnc(Cl)nc32)cc1. The number of fused-ring (bicyclic) bond motifs is 1. The van der Waals surface area contributed by atoms with Crippen molar-refractivity contribution < 1.29 is 13.2 Å². The first-order chi connectivity index (χ1) is 13.7. The summed E-state index contributed by atoms with van der Waals surface area (Å²) in [6.45, 7) is 1.77. The van der Waals surface area contributed by atoms with Crippen LogP contribution in [0.15, 0.2) is 53.5 Å². The summed E-state index contributed by atoms with van der Waals surface area (Å²) in [6.07, 6.45) is -2.98. The third-order valence-corrected chi connectivity index (χ3v) is 4.58. The third-order valence-electron chi connectivity index (χ3n) is 4.39. The van der Waals surface area contributed by atoms with E-state index in [0.29, 0.717) is 22.4 Å². The molecule has 0 aliphatic carbocycles. The molecule has 3 aromatic heterocycles. The van der Waals surface area contributed by atoms with Gasteiger partial charge in [-0.15, -0.1) is 0 Å². The Bertz CT molecular complexity index is 1260. The van der Waals surface area contributed by atoms with Crippen LogP contribution in [0.5, 0.6) is 0 Å². The lowest BCUT2D eigenvalue weighted by molar-refractivity contribution is -0.141. The van der Waals surface area contributed by atoms with E-state index in [1.54, 1.807) is 37.3 Å². The third kappa shape index (κ3) is 3.73. The number of hydrogen-bond acceptors (Lipinski definition) is 4. The molecule has 29 heavy (non-hydrogen) atoms. The molecule has 0 N–H and O–H groups in total. The van der Waals surface area contributed by atoms with E-state index < -0.39 is 11.9 Å². The fourth-order valence-corrected chi connectivity index (χ4v) is 3.13. The molecule has 0 atom stereocenters. The average Bonchev–Trinajstić information content (AvgIpc) is 3.07. The van der Waals surface area contributed by atoms with Crippen LogP contribution >= 0.6 is 11.6 Å². The molecule has 0 aliphatic rings. The summed E-state index contributed by atoms with van der Waals surface area (Å²) in [7, 11) is 0. The highest BCUT2D eigenvalue weighted by atomic mass is 35.5. The second-order valence-electron chi connectivity index (χ2n) is 6.42. The highest BCUT2D eigenvalue weighted by Crippen LogP contribution is 2.29. The molecule has 3 heterocycles. The van der Waals surface area contributed by atoms with Crippen molar-refractivity contribution in [3.8, 4) is 5.69 Å². The lowest BCUT2D eigenvalue weighted by atomic mass is 10.2. The molecule has 6 nitrogen and oxygen atoms in total. The number of nitrogens with zero attached hydrogens (tertiary/aromatic N) is 5. The maximum absolute atomic E-state index is 12.9. The summed E-state index contributed by atoms with van der Waals surface area (Å²) in [6, 6.07) is 10.8. The van der Waals surface area contributed by atoms with Gasteiger partial charge in [-0.25, -0.2) is 9.67 Å². The molecule has 4 aromatic rings. The molecular formula is C19H13ClF3N5O. The predicted octanol–water partition coefficient (Wildman–Crippen LogP) is 4.01. The molecule has 0 spiro atoms. The second-order valence-corrected chi connectivity index (χ2v) is 6.76. The lowest BCUT2D eigenvalue weighted by Gasteiger charge is -2.10. The number of hydrogen-bond donors (Lipinski definition) is 0. The van der Waals surface area contributed by atoms with Crippen molar-refractivity contribution in [1.82, 2.24) is 24.3 Å². The van der Waals surface area contributed by atoms with E-state index in [1.165, 1.54) is 21.5 Å². The highest BCUT2D eigenvalue weighted by Gasteiger charge is 2.34. The maximum atomic E-state index is 12.9. The Labute approximate surface area is 167 Å². The van der Waals surface area contributed by atoms with Gasteiger partial charge in [0.15, 0.2) is 5.69 Å². The molecular weight excluding hydrogens is 407 g/mol. The van der Waals surface area contributed by atoms with Gasteiger partial charge in [-0.3, -0.25) is 9.36 Å². The van der Waals surface area contributed by atoms with Crippen LogP contribution < -0.4 is 5.56 Å². The maximum Gasteiger partial charge on any atom is 0.435 e. The van der Waals surface area contributed by atoms with Gasteiger partial charge in [0.2, 0.25) is 5.28 Å². The van der Waals surface area contributed by atoms with Crippen LogP contribution in [-0.2, 0) is 12.7 Å². The van der Waals surface area contributed by atoms with Crippen LogP contribution in [0, 0.1) is 6.92 Å². The van der Waals surface area contributed by atoms with Gasteiger partial charge in [0.1, 0.15) is 5.65 Å². The largest absolute Gasteiger partial charge is 0.435 e. The zero-order chi connectivity index (χ0) is 20.8. The Morgan fingerprint density at radius 3 is 2.48 bits per heavy atom. The van der Waals surface area contributed by atoms with Crippen molar-refractivity contribution in [1.29, 1.82) is 0 Å². The van der Waals surface area contributed by atoms with E-state index in [2.05, 4.69) is 15.1 Å². The summed E-state index contributed by atoms with van der Waals surface area (Å²) < 4.78 is 41.3. The minimum atomic E-state index is -4.51. The van der Waals surface area contributed by atoms with Crippen molar-refractivity contribution in [2.24, 2.45) is 0 Å². The van der Waals surface area contributed by atoms with Crippen molar-refractivity contribution in [2.45, 2.75) is 19.6 Å². The monoisotopic (exact) mass is 419 g/mol. The summed E-state index contributed by atoms with van der Waals surface area (Å²) in [5.41, 5.74) is 0.810. The fraction of sp³-hybridized carbons (Fsp3) is 0.158. The number of pyridine rings is 1. The molecule has 1 aromatic carbocycles. The zero-order valence-corrected chi connectivity index (χ0v) is 15.7. The van der Waals surface area contributed by atoms with Crippen LogP contribution in [-0.4, -0.2) is 24.3 Å². The van der Waals surface area contributed by atoms with E-state index in [1.807, 2.05) is 0 Å². The number of benzene rings is 1. The summed E-state index contributed by atoms with van der Waals surface area (Å²) in [5, 5.41) is 4.33. The van der Waals surface area contributed by atoms with Gasteiger partial charge < -0.3 is 0 Å². The Hall–Kier alpha value is -3.20. The molecule has 0 amide bonds. The molecule has 0 fully saturated rings. The summed E-state index contributed by atoms with van der Waals surface area (Å²) in [5.74, 6) is 0. The Morgan fingerprint density at radius 1 is 1.10 bits per heavy atom. The second kappa shape index (κ2) is 7.00. The topological polar surface area (TPSA) is 65.6 Å². The van der Waals surface area contributed by atoms with Gasteiger partial charge >= 0.3 is 6.18 Å². The molecule has 4 rings (SSSR count). The molecule has 0 aliphatic heterocycles. The molecule has 0 bridgehead atoms. The van der Waals surface area contributed by atoms with Crippen LogP contribution in [0.3, 0.4) is 0 Å². The van der Waals surface area contributed by atoms with Crippen molar-refractivity contribution in [3.05, 3.63) is 81.3 Å². The molecule has 0 saturated carbocycles. The minimum Gasteiger partial charge on any atom is -0.288 e. The molecule has 0 unspecified atom stereocenters. The van der Waals surface area contributed by atoms with E-state index in [0.717, 1.165) is 11.6 Å². The standard InChI is InChI=1S/C19H13ClF3N5O/c1-11-8-15(19(21,22)23)26-28(11)14-5-2-12(3-6-14)10-27-16(29)7-4-13-9-24-18(20)25-17(13)27/h2-9H,10H2,1H3. The van der Waals surface area contributed by atoms with Crippen LogP contribution in [0.2, 0.25) is 5.28 Å². The molecule has 0 radical (unpaired) electrons. The van der Waals surface area contributed by atoms with E-state index in [9.17, 15) is 18.0 Å². The summed E-state index contributed by atoms with van der Waals surface area (Å²) >= 11 is 5.86. The molecule has 148 valence electrons. The highest BCUT2D eigenvalue weighted by molar-refractivity contribution is 6.28. The molecule has 10 heteroatoms.